The Kier molecular flexibility index (Phi) is 3.29. The Morgan fingerprint density at radius 3 is 3.00 bits per heavy atom. The molecule has 0 aliphatic carbocycles. The number of halogens is 1. The molecule has 3 heteroatoms. The van der Waals surface area contributed by atoms with Crippen LogP contribution < -0.4 is 5.32 Å². The summed E-state index contributed by atoms with van der Waals surface area (Å²) in [5, 5.41) is 3.11. The van der Waals surface area contributed by atoms with Crippen LogP contribution >= 0.6 is 15.9 Å². The van der Waals surface area contributed by atoms with Gasteiger partial charge in [0, 0.05) is 11.0 Å². The molecule has 1 rings (SSSR count). The zero-order valence-corrected chi connectivity index (χ0v) is 8.56. The number of aryl methyl sites for hydroxylation is 1. The van der Waals surface area contributed by atoms with Crippen molar-refractivity contribution < 1.29 is 0 Å². The van der Waals surface area contributed by atoms with Gasteiger partial charge >= 0.3 is 0 Å². The van der Waals surface area contributed by atoms with E-state index in [4.69, 9.17) is 0 Å². The molecule has 0 unspecified atom stereocenters. The van der Waals surface area contributed by atoms with E-state index in [0.29, 0.717) is 0 Å². The van der Waals surface area contributed by atoms with Crippen LogP contribution in [0.15, 0.2) is 29.3 Å². The van der Waals surface area contributed by atoms with Gasteiger partial charge in [-0.2, -0.15) is 0 Å². The minimum absolute atomic E-state index is 0.744. The van der Waals surface area contributed by atoms with Gasteiger partial charge < -0.3 is 5.32 Å². The van der Waals surface area contributed by atoms with Crippen molar-refractivity contribution in [2.45, 2.75) is 6.92 Å². The second-order valence-corrected chi connectivity index (χ2v) is 3.29. The normalized spacial score (nSPS) is 9.50. The zero-order chi connectivity index (χ0) is 8.97. The van der Waals surface area contributed by atoms with E-state index < -0.39 is 0 Å². The van der Waals surface area contributed by atoms with Crippen LogP contribution in [0.5, 0.6) is 0 Å². The fraction of sp³-hybridized carbons (Fsp3) is 0.222. The molecule has 0 radical (unpaired) electrons. The number of pyridine rings is 1. The van der Waals surface area contributed by atoms with Crippen LogP contribution in [-0.2, 0) is 0 Å². The van der Waals surface area contributed by atoms with Gasteiger partial charge in [-0.05, 0) is 35.0 Å². The Bertz CT molecular complexity index is 284. The molecule has 0 amide bonds. The second-order valence-electron chi connectivity index (χ2n) is 2.43. The number of hydrogen-bond acceptors (Lipinski definition) is 2. The number of anilines is 1. The topological polar surface area (TPSA) is 24.9 Å². The van der Waals surface area contributed by atoms with E-state index >= 15 is 0 Å². The van der Waals surface area contributed by atoms with E-state index in [1.54, 1.807) is 6.08 Å². The highest BCUT2D eigenvalue weighted by Gasteiger charge is 1.96. The Hall–Kier alpha value is -0.830. The summed E-state index contributed by atoms with van der Waals surface area (Å²) in [7, 11) is 0. The molecule has 0 aromatic carbocycles. The summed E-state index contributed by atoms with van der Waals surface area (Å²) < 4.78 is 1.03. The van der Waals surface area contributed by atoms with E-state index in [2.05, 4.69) is 32.8 Å². The molecule has 0 saturated heterocycles. The van der Waals surface area contributed by atoms with Gasteiger partial charge in [0.05, 0.1) is 5.69 Å². The Morgan fingerprint density at radius 2 is 2.42 bits per heavy atom. The van der Waals surface area contributed by atoms with Gasteiger partial charge in [-0.3, -0.25) is 0 Å². The molecule has 1 aromatic heterocycles. The Labute approximate surface area is 80.8 Å². The van der Waals surface area contributed by atoms with Gasteiger partial charge in [-0.1, -0.05) is 6.08 Å². The number of hydrogen-bond donors (Lipinski definition) is 1. The second kappa shape index (κ2) is 4.26. The van der Waals surface area contributed by atoms with Crippen molar-refractivity contribution in [3.63, 3.8) is 0 Å². The fourth-order valence-electron chi connectivity index (χ4n) is 0.819. The first kappa shape index (κ1) is 9.26. The number of nitrogens with one attached hydrogen (secondary N) is 1. The zero-order valence-electron chi connectivity index (χ0n) is 6.97. The number of rotatable bonds is 3. The summed E-state index contributed by atoms with van der Waals surface area (Å²) >= 11 is 3.39. The lowest BCUT2D eigenvalue weighted by Gasteiger charge is -2.03. The average molecular weight is 227 g/mol. The minimum Gasteiger partial charge on any atom is -0.367 e. The lowest BCUT2D eigenvalue weighted by Crippen LogP contribution is -2.00. The maximum absolute atomic E-state index is 4.30. The van der Waals surface area contributed by atoms with Crippen LogP contribution in [0.1, 0.15) is 5.69 Å². The lowest BCUT2D eigenvalue weighted by atomic mass is 10.4. The molecule has 0 saturated carbocycles. The Morgan fingerprint density at radius 1 is 1.67 bits per heavy atom. The Balaban J connectivity index is 2.75. The van der Waals surface area contributed by atoms with Crippen LogP contribution in [-0.4, -0.2) is 11.5 Å². The predicted molar refractivity (Wildman–Crippen MR) is 55.4 cm³/mol. The average Bonchev–Trinajstić information content (AvgIpc) is 2.07. The van der Waals surface area contributed by atoms with Gasteiger partial charge in [-0.15, -0.1) is 6.58 Å². The van der Waals surface area contributed by atoms with Crippen LogP contribution in [0.3, 0.4) is 0 Å². The molecule has 1 aromatic rings. The molecule has 12 heavy (non-hydrogen) atoms. The van der Waals surface area contributed by atoms with Crippen LogP contribution in [0.2, 0.25) is 0 Å². The summed E-state index contributed by atoms with van der Waals surface area (Å²) in [5.74, 6) is 0.885. The summed E-state index contributed by atoms with van der Waals surface area (Å²) in [6.45, 7) is 6.32. The third-order valence-corrected chi connectivity index (χ3v) is 2.29. The van der Waals surface area contributed by atoms with Crippen molar-refractivity contribution in [2.24, 2.45) is 0 Å². The van der Waals surface area contributed by atoms with E-state index in [1.807, 2.05) is 19.1 Å². The molecule has 1 heterocycles. The van der Waals surface area contributed by atoms with Crippen molar-refractivity contribution in [3.05, 3.63) is 35.0 Å². The largest absolute Gasteiger partial charge is 0.367 e. The van der Waals surface area contributed by atoms with Crippen molar-refractivity contribution >= 4 is 21.7 Å². The molecular weight excluding hydrogens is 216 g/mol. The molecular formula is C9H11BrN2. The minimum atomic E-state index is 0.744. The summed E-state index contributed by atoms with van der Waals surface area (Å²) in [6.07, 6.45) is 1.80. The van der Waals surface area contributed by atoms with Crippen LogP contribution in [0.25, 0.3) is 0 Å². The molecule has 0 bridgehead atoms. The standard InChI is InChI=1S/C9H11BrN2/c1-3-6-11-9-5-4-8(10)7(2)12-9/h3-5H,1,6H2,2H3,(H,11,12). The molecule has 1 N–H and O–H groups in total. The molecule has 0 aliphatic heterocycles. The van der Waals surface area contributed by atoms with Gasteiger partial charge in [0.25, 0.3) is 0 Å². The van der Waals surface area contributed by atoms with Gasteiger partial charge in [-0.25, -0.2) is 4.98 Å². The highest BCUT2D eigenvalue weighted by atomic mass is 79.9. The first-order valence-corrected chi connectivity index (χ1v) is 4.51. The third-order valence-electron chi connectivity index (χ3n) is 1.45. The highest BCUT2D eigenvalue weighted by molar-refractivity contribution is 9.10. The van der Waals surface area contributed by atoms with Crippen molar-refractivity contribution in [3.8, 4) is 0 Å². The lowest BCUT2D eigenvalue weighted by molar-refractivity contribution is 1.15. The summed E-state index contributed by atoms with van der Waals surface area (Å²) in [4.78, 5) is 4.30. The smallest absolute Gasteiger partial charge is 0.126 e. The quantitative estimate of drug-likeness (QED) is 0.803. The highest BCUT2D eigenvalue weighted by Crippen LogP contribution is 2.15. The molecule has 2 nitrogen and oxygen atoms in total. The predicted octanol–water partition coefficient (Wildman–Crippen LogP) is 2.75. The van der Waals surface area contributed by atoms with E-state index in [0.717, 1.165) is 22.5 Å². The number of nitrogens with zero attached hydrogens (tertiary/aromatic N) is 1. The van der Waals surface area contributed by atoms with Gasteiger partial charge in [0.15, 0.2) is 0 Å². The molecule has 0 atom stereocenters. The molecule has 0 aliphatic rings. The van der Waals surface area contributed by atoms with Crippen molar-refractivity contribution in [2.75, 3.05) is 11.9 Å². The maximum Gasteiger partial charge on any atom is 0.126 e. The fourth-order valence-corrected chi connectivity index (χ4v) is 1.04. The van der Waals surface area contributed by atoms with E-state index in [-0.39, 0.29) is 0 Å². The molecule has 64 valence electrons. The molecule has 0 fully saturated rings. The third kappa shape index (κ3) is 2.34. The molecule has 0 spiro atoms. The van der Waals surface area contributed by atoms with Crippen molar-refractivity contribution in [1.29, 1.82) is 0 Å². The SMILES string of the molecule is C=CCNc1ccc(Br)c(C)n1. The first-order chi connectivity index (χ1) is 5.74. The van der Waals surface area contributed by atoms with E-state index in [1.165, 1.54) is 0 Å². The van der Waals surface area contributed by atoms with Gasteiger partial charge in [0.1, 0.15) is 5.82 Å². The van der Waals surface area contributed by atoms with Crippen LogP contribution in [0, 0.1) is 6.92 Å². The first-order valence-electron chi connectivity index (χ1n) is 3.72. The maximum atomic E-state index is 4.30. The van der Waals surface area contributed by atoms with Gasteiger partial charge in [0.2, 0.25) is 0 Å². The number of aromatic nitrogens is 1. The van der Waals surface area contributed by atoms with Crippen LogP contribution in [0.4, 0.5) is 5.82 Å². The summed E-state index contributed by atoms with van der Waals surface area (Å²) in [6, 6.07) is 3.91. The van der Waals surface area contributed by atoms with E-state index in [9.17, 15) is 0 Å². The van der Waals surface area contributed by atoms with Crippen molar-refractivity contribution in [1.82, 2.24) is 4.98 Å². The monoisotopic (exact) mass is 226 g/mol. The summed E-state index contributed by atoms with van der Waals surface area (Å²) in [5.41, 5.74) is 0.990.